The molecule has 2 aliphatic heterocycles. The van der Waals surface area contributed by atoms with Crippen molar-refractivity contribution in [1.82, 2.24) is 20.1 Å². The summed E-state index contributed by atoms with van der Waals surface area (Å²) in [4.78, 5) is 35.3. The number of carbonyl (C=O) groups excluding carboxylic acids is 2. The third kappa shape index (κ3) is 5.19. The Hall–Kier alpha value is -2.15. The fourth-order valence-electron chi connectivity index (χ4n) is 3.98. The summed E-state index contributed by atoms with van der Waals surface area (Å²) < 4.78 is 0. The smallest absolute Gasteiger partial charge is 0.236 e. The molecule has 2 unspecified atom stereocenters. The van der Waals surface area contributed by atoms with Gasteiger partial charge >= 0.3 is 0 Å². The number of hydrogen-bond acceptors (Lipinski definition) is 5. The Morgan fingerprint density at radius 1 is 1.22 bits per heavy atom. The highest BCUT2D eigenvalue weighted by molar-refractivity contribution is 5.81. The van der Waals surface area contributed by atoms with Crippen LogP contribution in [0, 0.1) is 5.92 Å². The van der Waals surface area contributed by atoms with Crippen molar-refractivity contribution in [3.63, 3.8) is 0 Å². The predicted molar refractivity (Wildman–Crippen MR) is 105 cm³/mol. The van der Waals surface area contributed by atoms with E-state index in [2.05, 4.69) is 27.0 Å². The summed E-state index contributed by atoms with van der Waals surface area (Å²) in [5, 5.41) is 3.17. The monoisotopic (exact) mass is 373 g/mol. The number of rotatable bonds is 7. The second-order valence-corrected chi connectivity index (χ2v) is 7.71. The van der Waals surface area contributed by atoms with Crippen molar-refractivity contribution in [3.05, 3.63) is 24.5 Å². The molecule has 3 heterocycles. The molecule has 3 rings (SSSR count). The molecule has 1 aromatic heterocycles. The minimum atomic E-state index is 0.0126. The first-order valence-electron chi connectivity index (χ1n) is 9.98. The fraction of sp³-hybridized carbons (Fsp3) is 0.650. The molecule has 148 valence electrons. The maximum Gasteiger partial charge on any atom is 0.236 e. The van der Waals surface area contributed by atoms with Gasteiger partial charge in [-0.2, -0.15) is 0 Å². The van der Waals surface area contributed by atoms with E-state index in [0.717, 1.165) is 51.1 Å². The van der Waals surface area contributed by atoms with E-state index in [9.17, 15) is 9.59 Å². The molecule has 7 nitrogen and oxygen atoms in total. The Morgan fingerprint density at radius 3 is 2.74 bits per heavy atom. The number of carbonyl (C=O) groups is 2. The summed E-state index contributed by atoms with van der Waals surface area (Å²) in [5.74, 6) is 0.292. The summed E-state index contributed by atoms with van der Waals surface area (Å²) in [7, 11) is 1.98. The molecule has 0 aliphatic carbocycles. The highest BCUT2D eigenvalue weighted by Crippen LogP contribution is 2.23. The number of likely N-dealkylation sites (N-methyl/N-ethyl adjacent to an activating group) is 1. The zero-order chi connectivity index (χ0) is 19.2. The molecule has 0 radical (unpaired) electrons. The number of likely N-dealkylation sites (tertiary alicyclic amines) is 1. The van der Waals surface area contributed by atoms with Gasteiger partial charge in [0.15, 0.2) is 0 Å². The molecule has 7 heteroatoms. The minimum Gasteiger partial charge on any atom is -0.371 e. The van der Waals surface area contributed by atoms with E-state index in [1.807, 2.05) is 24.1 Å². The molecular weight excluding hydrogens is 342 g/mol. The van der Waals surface area contributed by atoms with Gasteiger partial charge < -0.3 is 15.1 Å². The largest absolute Gasteiger partial charge is 0.371 e. The Labute approximate surface area is 161 Å². The molecule has 27 heavy (non-hydrogen) atoms. The van der Waals surface area contributed by atoms with E-state index in [1.165, 1.54) is 0 Å². The summed E-state index contributed by atoms with van der Waals surface area (Å²) in [6.45, 7) is 6.49. The van der Waals surface area contributed by atoms with Gasteiger partial charge in [0.2, 0.25) is 11.8 Å². The highest BCUT2D eigenvalue weighted by atomic mass is 16.2. The molecule has 0 bridgehead atoms. The second kappa shape index (κ2) is 9.17. The number of amides is 2. The van der Waals surface area contributed by atoms with Crippen molar-refractivity contribution in [3.8, 4) is 0 Å². The summed E-state index contributed by atoms with van der Waals surface area (Å²) in [6, 6.07) is 4.04. The van der Waals surface area contributed by atoms with E-state index in [0.29, 0.717) is 13.1 Å². The number of nitrogens with zero attached hydrogens (tertiary/aromatic N) is 4. The summed E-state index contributed by atoms with van der Waals surface area (Å²) in [5.41, 5.74) is 1.12. The topological polar surface area (TPSA) is 68.8 Å². The number of nitrogens with one attached hydrogen (secondary N) is 1. The van der Waals surface area contributed by atoms with Crippen LogP contribution in [0.5, 0.6) is 0 Å². The lowest BCUT2D eigenvalue weighted by atomic mass is 10.1. The zero-order valence-corrected chi connectivity index (χ0v) is 16.4. The van der Waals surface area contributed by atoms with E-state index in [4.69, 9.17) is 0 Å². The van der Waals surface area contributed by atoms with Crippen LogP contribution in [-0.2, 0) is 9.59 Å². The Morgan fingerprint density at radius 2 is 2.00 bits per heavy atom. The molecule has 2 fully saturated rings. The standard InChI is InChI=1S/C20H31N5O2/c1-3-10-23(2)15-19(26)25-12-7-17(14-25)22-20(27)16-6-11-24(13-16)18-4-8-21-9-5-18/h4-5,8-9,16-17H,3,6-7,10-15H2,1-2H3,(H,22,27). The van der Waals surface area contributed by atoms with Gasteiger partial charge in [-0.25, -0.2) is 0 Å². The van der Waals surface area contributed by atoms with E-state index >= 15 is 0 Å². The van der Waals surface area contributed by atoms with Crippen molar-refractivity contribution in [2.75, 3.05) is 51.2 Å². The Bertz CT molecular complexity index is 639. The lowest BCUT2D eigenvalue weighted by Gasteiger charge is -2.22. The Kier molecular flexibility index (Phi) is 6.66. The fourth-order valence-corrected chi connectivity index (χ4v) is 3.98. The van der Waals surface area contributed by atoms with E-state index in [1.54, 1.807) is 12.4 Å². The molecule has 0 aromatic carbocycles. The normalized spacial score (nSPS) is 22.5. The van der Waals surface area contributed by atoms with Crippen molar-refractivity contribution in [2.24, 2.45) is 5.92 Å². The quantitative estimate of drug-likeness (QED) is 0.771. The average molecular weight is 374 g/mol. The van der Waals surface area contributed by atoms with E-state index in [-0.39, 0.29) is 23.8 Å². The van der Waals surface area contributed by atoms with Crippen LogP contribution in [0.2, 0.25) is 0 Å². The van der Waals surface area contributed by atoms with Crippen LogP contribution in [-0.4, -0.2) is 79.0 Å². The molecule has 1 aromatic rings. The van der Waals surface area contributed by atoms with Gasteiger partial charge in [-0.05, 0) is 45.0 Å². The van der Waals surface area contributed by atoms with E-state index < -0.39 is 0 Å². The third-order valence-electron chi connectivity index (χ3n) is 5.48. The van der Waals surface area contributed by atoms with Crippen LogP contribution in [0.1, 0.15) is 26.2 Å². The Balaban J connectivity index is 1.43. The van der Waals surface area contributed by atoms with Crippen LogP contribution in [0.3, 0.4) is 0 Å². The van der Waals surface area contributed by atoms with Crippen LogP contribution in [0.25, 0.3) is 0 Å². The first kappa shape index (κ1) is 19.6. The van der Waals surface area contributed by atoms with Gasteiger partial charge in [-0.3, -0.25) is 19.5 Å². The number of aromatic nitrogens is 1. The second-order valence-electron chi connectivity index (χ2n) is 7.71. The van der Waals surface area contributed by atoms with Gasteiger partial charge in [0, 0.05) is 50.3 Å². The lowest BCUT2D eigenvalue weighted by Crippen LogP contribution is -2.43. The average Bonchev–Trinajstić information content (AvgIpc) is 3.32. The first-order chi connectivity index (χ1) is 13.1. The highest BCUT2D eigenvalue weighted by Gasteiger charge is 2.32. The maximum atomic E-state index is 12.7. The van der Waals surface area contributed by atoms with Crippen LogP contribution in [0.15, 0.2) is 24.5 Å². The summed E-state index contributed by atoms with van der Waals surface area (Å²) in [6.07, 6.45) is 6.32. The molecule has 2 amide bonds. The zero-order valence-electron chi connectivity index (χ0n) is 16.4. The number of pyridine rings is 1. The van der Waals surface area contributed by atoms with Crippen LogP contribution in [0.4, 0.5) is 5.69 Å². The molecule has 0 saturated carbocycles. The number of hydrogen-bond donors (Lipinski definition) is 1. The van der Waals surface area contributed by atoms with Crippen molar-refractivity contribution in [2.45, 2.75) is 32.2 Å². The third-order valence-corrected chi connectivity index (χ3v) is 5.48. The van der Waals surface area contributed by atoms with Gasteiger partial charge in [-0.1, -0.05) is 6.92 Å². The van der Waals surface area contributed by atoms with Gasteiger partial charge in [0.1, 0.15) is 0 Å². The van der Waals surface area contributed by atoms with Gasteiger partial charge in [0.25, 0.3) is 0 Å². The van der Waals surface area contributed by atoms with Crippen LogP contribution >= 0.6 is 0 Å². The molecular formula is C20H31N5O2. The van der Waals surface area contributed by atoms with Crippen LogP contribution < -0.4 is 10.2 Å². The minimum absolute atomic E-state index is 0.0126. The predicted octanol–water partition coefficient (Wildman–Crippen LogP) is 0.967. The number of anilines is 1. The van der Waals surface area contributed by atoms with Crippen molar-refractivity contribution < 1.29 is 9.59 Å². The molecule has 1 N–H and O–H groups in total. The molecule has 2 saturated heterocycles. The lowest BCUT2D eigenvalue weighted by molar-refractivity contribution is -0.131. The SMILES string of the molecule is CCCN(C)CC(=O)N1CCC(NC(=O)C2CCN(c3ccncc3)C2)C1. The van der Waals surface area contributed by atoms with Crippen molar-refractivity contribution in [1.29, 1.82) is 0 Å². The molecule has 0 spiro atoms. The van der Waals surface area contributed by atoms with Gasteiger partial charge in [-0.15, -0.1) is 0 Å². The molecule has 2 aliphatic rings. The first-order valence-corrected chi connectivity index (χ1v) is 9.98. The summed E-state index contributed by atoms with van der Waals surface area (Å²) >= 11 is 0. The van der Waals surface area contributed by atoms with Gasteiger partial charge in [0.05, 0.1) is 12.5 Å². The maximum absolute atomic E-state index is 12.7. The van der Waals surface area contributed by atoms with Crippen molar-refractivity contribution >= 4 is 17.5 Å². The molecule has 2 atom stereocenters.